The van der Waals surface area contributed by atoms with E-state index in [2.05, 4.69) is 6.92 Å². The molecule has 86 valence electrons. The fourth-order valence-corrected chi connectivity index (χ4v) is 2.12. The summed E-state index contributed by atoms with van der Waals surface area (Å²) in [5.41, 5.74) is 5.69. The van der Waals surface area contributed by atoms with Gasteiger partial charge in [0.05, 0.1) is 6.61 Å². The van der Waals surface area contributed by atoms with E-state index in [1.165, 1.54) is 0 Å². The van der Waals surface area contributed by atoms with Crippen molar-refractivity contribution in [3.05, 3.63) is 0 Å². The first-order valence-electron chi connectivity index (χ1n) is 5.39. The molecule has 0 aliphatic rings. The second-order valence-corrected chi connectivity index (χ2v) is 5.07. The van der Waals surface area contributed by atoms with Crippen molar-refractivity contribution < 1.29 is 8.95 Å². The molecule has 0 spiro atoms. The molecule has 4 heteroatoms. The van der Waals surface area contributed by atoms with Gasteiger partial charge in [0.2, 0.25) is 0 Å². The van der Waals surface area contributed by atoms with E-state index >= 15 is 0 Å². The lowest BCUT2D eigenvalue weighted by Gasteiger charge is -2.08. The van der Waals surface area contributed by atoms with Crippen molar-refractivity contribution in [1.29, 1.82) is 0 Å². The van der Waals surface area contributed by atoms with Gasteiger partial charge in [-0.1, -0.05) is 20.3 Å². The van der Waals surface area contributed by atoms with Gasteiger partial charge in [-0.25, -0.2) is 0 Å². The topological polar surface area (TPSA) is 52.3 Å². The van der Waals surface area contributed by atoms with Crippen molar-refractivity contribution >= 4 is 10.8 Å². The van der Waals surface area contributed by atoms with Crippen LogP contribution in [0, 0.1) is 0 Å². The zero-order valence-electron chi connectivity index (χ0n) is 9.33. The molecule has 3 nitrogen and oxygen atoms in total. The van der Waals surface area contributed by atoms with Crippen molar-refractivity contribution in [3.8, 4) is 0 Å². The van der Waals surface area contributed by atoms with Crippen LogP contribution in [0.1, 0.15) is 33.1 Å². The van der Waals surface area contributed by atoms with Gasteiger partial charge in [-0.15, -0.1) is 0 Å². The van der Waals surface area contributed by atoms with Crippen LogP contribution in [0.4, 0.5) is 0 Å². The SMILES string of the molecule is CCCCOCCS(=O)CC(N)CC. The lowest BCUT2D eigenvalue weighted by molar-refractivity contribution is 0.146. The third-order valence-corrected chi connectivity index (χ3v) is 3.44. The quantitative estimate of drug-likeness (QED) is 0.597. The van der Waals surface area contributed by atoms with E-state index in [0.29, 0.717) is 18.1 Å². The summed E-state index contributed by atoms with van der Waals surface area (Å²) in [6, 6.07) is 0.0754. The molecule has 14 heavy (non-hydrogen) atoms. The summed E-state index contributed by atoms with van der Waals surface area (Å²) >= 11 is 0. The van der Waals surface area contributed by atoms with Gasteiger partial charge in [-0.3, -0.25) is 4.21 Å². The summed E-state index contributed by atoms with van der Waals surface area (Å²) in [6.07, 6.45) is 3.12. The van der Waals surface area contributed by atoms with E-state index in [0.717, 1.165) is 25.9 Å². The van der Waals surface area contributed by atoms with E-state index in [1.807, 2.05) is 6.92 Å². The number of hydrogen-bond donors (Lipinski definition) is 1. The summed E-state index contributed by atoms with van der Waals surface area (Å²) < 4.78 is 16.7. The van der Waals surface area contributed by atoms with Gasteiger partial charge >= 0.3 is 0 Å². The average Bonchev–Trinajstić information content (AvgIpc) is 2.17. The molecule has 0 bridgehead atoms. The normalized spacial score (nSPS) is 15.4. The second kappa shape index (κ2) is 9.62. The predicted molar refractivity (Wildman–Crippen MR) is 61.9 cm³/mol. The van der Waals surface area contributed by atoms with Gasteiger partial charge in [0.25, 0.3) is 0 Å². The maximum absolute atomic E-state index is 11.4. The molecule has 0 aliphatic heterocycles. The highest BCUT2D eigenvalue weighted by Gasteiger charge is 2.05. The zero-order valence-corrected chi connectivity index (χ0v) is 10.1. The number of rotatable bonds is 9. The van der Waals surface area contributed by atoms with Gasteiger partial charge in [-0.2, -0.15) is 0 Å². The molecule has 0 amide bonds. The minimum Gasteiger partial charge on any atom is -0.380 e. The zero-order chi connectivity index (χ0) is 10.8. The maximum Gasteiger partial charge on any atom is 0.0581 e. The Bertz CT molecular complexity index is 153. The van der Waals surface area contributed by atoms with Crippen LogP contribution in [0.5, 0.6) is 0 Å². The van der Waals surface area contributed by atoms with Gasteiger partial charge in [0.1, 0.15) is 0 Å². The van der Waals surface area contributed by atoms with Crippen LogP contribution in [-0.2, 0) is 15.5 Å². The van der Waals surface area contributed by atoms with Crippen LogP contribution in [0.15, 0.2) is 0 Å². The fourth-order valence-electron chi connectivity index (χ4n) is 0.940. The van der Waals surface area contributed by atoms with Crippen LogP contribution in [-0.4, -0.2) is 35.0 Å². The van der Waals surface area contributed by atoms with Crippen LogP contribution in [0.25, 0.3) is 0 Å². The maximum atomic E-state index is 11.4. The summed E-state index contributed by atoms with van der Waals surface area (Å²) in [7, 11) is -0.805. The summed E-state index contributed by atoms with van der Waals surface area (Å²) in [4.78, 5) is 0. The molecule has 2 N–H and O–H groups in total. The van der Waals surface area contributed by atoms with Gasteiger partial charge < -0.3 is 10.5 Å². The molecule has 0 saturated carbocycles. The molecule has 0 aromatic rings. The van der Waals surface area contributed by atoms with Gasteiger partial charge in [0, 0.05) is 35.0 Å². The summed E-state index contributed by atoms with van der Waals surface area (Å²) in [5.74, 6) is 1.23. The Labute approximate surface area is 89.9 Å². The standard InChI is InChI=1S/C10H23NO2S/c1-3-5-6-13-7-8-14(12)9-10(11)4-2/h10H,3-9,11H2,1-2H3. The van der Waals surface area contributed by atoms with Crippen molar-refractivity contribution in [2.45, 2.75) is 39.2 Å². The Morgan fingerprint density at radius 3 is 2.64 bits per heavy atom. The Morgan fingerprint density at radius 1 is 1.36 bits per heavy atom. The Morgan fingerprint density at radius 2 is 2.07 bits per heavy atom. The first-order valence-corrected chi connectivity index (χ1v) is 6.87. The molecule has 0 heterocycles. The predicted octanol–water partition coefficient (Wildman–Crippen LogP) is 1.29. The fraction of sp³-hybridized carbons (Fsp3) is 1.00. The molecule has 0 fully saturated rings. The number of hydrogen-bond acceptors (Lipinski definition) is 3. The van der Waals surface area contributed by atoms with Crippen LogP contribution >= 0.6 is 0 Å². The molecule has 0 radical (unpaired) electrons. The third kappa shape index (κ3) is 8.66. The average molecular weight is 221 g/mol. The van der Waals surface area contributed by atoms with Crippen molar-refractivity contribution in [2.75, 3.05) is 24.7 Å². The number of ether oxygens (including phenoxy) is 1. The monoisotopic (exact) mass is 221 g/mol. The van der Waals surface area contributed by atoms with Crippen molar-refractivity contribution in [2.24, 2.45) is 5.73 Å². The van der Waals surface area contributed by atoms with Gasteiger partial charge in [0.15, 0.2) is 0 Å². The molecule has 0 rings (SSSR count). The summed E-state index contributed by atoms with van der Waals surface area (Å²) in [5, 5.41) is 0. The Balaban J connectivity index is 3.27. The highest BCUT2D eigenvalue weighted by Crippen LogP contribution is 1.93. The first kappa shape index (κ1) is 14.1. The van der Waals surface area contributed by atoms with Crippen LogP contribution in [0.2, 0.25) is 0 Å². The number of unbranched alkanes of at least 4 members (excludes halogenated alkanes) is 1. The third-order valence-electron chi connectivity index (χ3n) is 2.02. The van der Waals surface area contributed by atoms with E-state index in [-0.39, 0.29) is 6.04 Å². The van der Waals surface area contributed by atoms with Crippen LogP contribution in [0.3, 0.4) is 0 Å². The van der Waals surface area contributed by atoms with Crippen molar-refractivity contribution in [3.63, 3.8) is 0 Å². The van der Waals surface area contributed by atoms with E-state index in [1.54, 1.807) is 0 Å². The van der Waals surface area contributed by atoms with E-state index < -0.39 is 10.8 Å². The van der Waals surface area contributed by atoms with E-state index in [9.17, 15) is 4.21 Å². The van der Waals surface area contributed by atoms with Crippen LogP contribution < -0.4 is 5.73 Å². The molecule has 0 aliphatic carbocycles. The Hall–Kier alpha value is 0.0700. The largest absolute Gasteiger partial charge is 0.380 e. The van der Waals surface area contributed by atoms with Crippen molar-refractivity contribution in [1.82, 2.24) is 0 Å². The second-order valence-electron chi connectivity index (χ2n) is 3.44. The smallest absolute Gasteiger partial charge is 0.0581 e. The lowest BCUT2D eigenvalue weighted by Crippen LogP contribution is -2.27. The minimum absolute atomic E-state index is 0.0754. The molecular weight excluding hydrogens is 198 g/mol. The highest BCUT2D eigenvalue weighted by atomic mass is 32.2. The first-order chi connectivity index (χ1) is 6.70. The molecule has 2 atom stereocenters. The van der Waals surface area contributed by atoms with Gasteiger partial charge in [-0.05, 0) is 12.8 Å². The summed E-state index contributed by atoms with van der Waals surface area (Å²) in [6.45, 7) is 5.53. The molecule has 2 unspecified atom stereocenters. The molecular formula is C10H23NO2S. The molecule has 0 aromatic carbocycles. The Kier molecular flexibility index (Phi) is 9.67. The lowest BCUT2D eigenvalue weighted by atomic mass is 10.3. The minimum atomic E-state index is -0.805. The highest BCUT2D eigenvalue weighted by molar-refractivity contribution is 7.85. The molecule has 0 saturated heterocycles. The number of nitrogens with two attached hydrogens (primary N) is 1. The van der Waals surface area contributed by atoms with E-state index in [4.69, 9.17) is 10.5 Å². The molecule has 0 aromatic heterocycles.